The number of nitrogens with zero attached hydrogens (tertiary/aromatic N) is 3. The summed E-state index contributed by atoms with van der Waals surface area (Å²) in [6.07, 6.45) is 4.03. The van der Waals surface area contributed by atoms with Gasteiger partial charge in [-0.15, -0.1) is 0 Å². The Labute approximate surface area is 177 Å². The molecule has 0 aliphatic carbocycles. The Morgan fingerprint density at radius 2 is 1.47 bits per heavy atom. The SMILES string of the molecule is CC(C)(C)C(O[Si](C)(C)C(C)(C)C)c1nc(-c2nc(-c3nc(CO)co3)co2)co1. The van der Waals surface area contributed by atoms with E-state index in [9.17, 15) is 0 Å². The van der Waals surface area contributed by atoms with Crippen molar-refractivity contribution < 1.29 is 22.8 Å². The minimum atomic E-state index is -2.05. The van der Waals surface area contributed by atoms with Crippen LogP contribution in [-0.2, 0) is 11.0 Å². The van der Waals surface area contributed by atoms with E-state index < -0.39 is 8.32 Å². The van der Waals surface area contributed by atoms with Gasteiger partial charge < -0.3 is 22.8 Å². The van der Waals surface area contributed by atoms with E-state index in [0.29, 0.717) is 28.9 Å². The van der Waals surface area contributed by atoms with Crippen molar-refractivity contribution in [2.75, 3.05) is 0 Å². The lowest BCUT2D eigenvalue weighted by atomic mass is 9.89. The van der Waals surface area contributed by atoms with Crippen LogP contribution in [0.3, 0.4) is 0 Å². The zero-order valence-electron chi connectivity index (χ0n) is 18.9. The van der Waals surface area contributed by atoms with E-state index in [1.54, 1.807) is 0 Å². The average Bonchev–Trinajstić information content (AvgIpc) is 3.35. The molecule has 3 aromatic heterocycles. The van der Waals surface area contributed by atoms with Crippen LogP contribution in [0.25, 0.3) is 23.2 Å². The van der Waals surface area contributed by atoms with Crippen LogP contribution in [0.4, 0.5) is 0 Å². The maximum absolute atomic E-state index is 9.13. The van der Waals surface area contributed by atoms with Gasteiger partial charge in [-0.05, 0) is 23.5 Å². The Morgan fingerprint density at radius 3 is 2.03 bits per heavy atom. The first-order valence-corrected chi connectivity index (χ1v) is 12.9. The van der Waals surface area contributed by atoms with Crippen molar-refractivity contribution in [2.45, 2.75) is 72.4 Å². The molecule has 1 N–H and O–H groups in total. The fourth-order valence-corrected chi connectivity index (χ4v) is 3.96. The molecule has 0 saturated carbocycles. The number of hydrogen-bond donors (Lipinski definition) is 1. The van der Waals surface area contributed by atoms with Crippen LogP contribution in [0.5, 0.6) is 0 Å². The van der Waals surface area contributed by atoms with Crippen molar-refractivity contribution in [1.29, 1.82) is 0 Å². The monoisotopic (exact) mass is 433 g/mol. The van der Waals surface area contributed by atoms with Gasteiger partial charge >= 0.3 is 0 Å². The first-order chi connectivity index (χ1) is 13.8. The van der Waals surface area contributed by atoms with Gasteiger partial charge in [0.25, 0.3) is 0 Å². The van der Waals surface area contributed by atoms with E-state index in [0.717, 1.165) is 0 Å². The molecular formula is C21H31N3O5Si. The minimum Gasteiger partial charge on any atom is -0.445 e. The lowest BCUT2D eigenvalue weighted by Gasteiger charge is -2.42. The summed E-state index contributed by atoms with van der Waals surface area (Å²) < 4.78 is 23.4. The highest BCUT2D eigenvalue weighted by atomic mass is 28.4. The fraction of sp³-hybridized carbons (Fsp3) is 0.571. The number of oxazole rings is 3. The number of aromatic nitrogens is 3. The molecule has 0 saturated heterocycles. The molecular weight excluding hydrogens is 402 g/mol. The summed E-state index contributed by atoms with van der Waals surface area (Å²) >= 11 is 0. The van der Waals surface area contributed by atoms with Gasteiger partial charge in [-0.2, -0.15) is 0 Å². The molecule has 30 heavy (non-hydrogen) atoms. The Bertz CT molecular complexity index is 991. The fourth-order valence-electron chi connectivity index (χ4n) is 2.56. The second kappa shape index (κ2) is 7.79. The van der Waals surface area contributed by atoms with Gasteiger partial charge in [-0.25, -0.2) is 15.0 Å². The van der Waals surface area contributed by atoms with Crippen LogP contribution in [0.2, 0.25) is 18.1 Å². The van der Waals surface area contributed by atoms with Crippen LogP contribution in [0, 0.1) is 5.41 Å². The molecule has 0 bridgehead atoms. The number of aliphatic hydroxyl groups is 1. The van der Waals surface area contributed by atoms with Crippen molar-refractivity contribution in [3.8, 4) is 23.2 Å². The Hall–Kier alpha value is -2.23. The molecule has 3 aromatic rings. The smallest absolute Gasteiger partial charge is 0.249 e. The molecule has 9 heteroatoms. The van der Waals surface area contributed by atoms with Crippen LogP contribution in [0.1, 0.15) is 59.2 Å². The minimum absolute atomic E-state index is 0.0624. The molecule has 1 unspecified atom stereocenters. The van der Waals surface area contributed by atoms with Gasteiger partial charge in [0.2, 0.25) is 17.7 Å². The van der Waals surface area contributed by atoms with Gasteiger partial charge in [0.15, 0.2) is 19.7 Å². The van der Waals surface area contributed by atoms with Crippen molar-refractivity contribution in [3.05, 3.63) is 30.4 Å². The van der Waals surface area contributed by atoms with E-state index in [1.807, 2.05) is 0 Å². The predicted octanol–water partition coefficient (Wildman–Crippen LogP) is 5.59. The Kier molecular flexibility index (Phi) is 5.83. The molecule has 0 aliphatic heterocycles. The summed E-state index contributed by atoms with van der Waals surface area (Å²) in [7, 11) is -2.05. The second-order valence-corrected chi connectivity index (χ2v) is 14.8. The Morgan fingerprint density at radius 1 is 0.900 bits per heavy atom. The Balaban J connectivity index is 1.88. The number of hydrogen-bond acceptors (Lipinski definition) is 8. The van der Waals surface area contributed by atoms with E-state index in [1.165, 1.54) is 18.8 Å². The summed E-state index contributed by atoms with van der Waals surface area (Å²) in [6.45, 7) is 17.2. The van der Waals surface area contributed by atoms with Gasteiger partial charge in [-0.1, -0.05) is 41.5 Å². The summed E-state index contributed by atoms with van der Waals surface area (Å²) in [5.74, 6) is 1.07. The summed E-state index contributed by atoms with van der Waals surface area (Å²) in [5, 5.41) is 9.20. The van der Waals surface area contributed by atoms with E-state index in [4.69, 9.17) is 22.8 Å². The topological polar surface area (TPSA) is 108 Å². The average molecular weight is 434 g/mol. The molecule has 1 atom stereocenters. The first-order valence-electron chi connectivity index (χ1n) is 9.96. The maximum Gasteiger partial charge on any atom is 0.249 e. The third-order valence-corrected chi connectivity index (χ3v) is 9.84. The van der Waals surface area contributed by atoms with Crippen LogP contribution in [-0.4, -0.2) is 28.4 Å². The summed E-state index contributed by atoms with van der Waals surface area (Å²) in [6, 6.07) is 0. The quantitative estimate of drug-likeness (QED) is 0.502. The van der Waals surface area contributed by atoms with Gasteiger partial charge in [0, 0.05) is 0 Å². The van der Waals surface area contributed by atoms with E-state index >= 15 is 0 Å². The zero-order chi connectivity index (χ0) is 22.3. The molecule has 164 valence electrons. The highest BCUT2D eigenvalue weighted by molar-refractivity contribution is 6.74. The van der Waals surface area contributed by atoms with Crippen LogP contribution < -0.4 is 0 Å². The van der Waals surface area contributed by atoms with E-state index in [-0.39, 0.29) is 29.1 Å². The zero-order valence-corrected chi connectivity index (χ0v) is 19.9. The van der Waals surface area contributed by atoms with E-state index in [2.05, 4.69) is 69.6 Å². The normalized spacial score (nSPS) is 14.3. The van der Waals surface area contributed by atoms with Crippen molar-refractivity contribution >= 4 is 8.32 Å². The lowest BCUT2D eigenvalue weighted by Crippen LogP contribution is -2.44. The van der Waals surface area contributed by atoms with Crippen molar-refractivity contribution in [2.24, 2.45) is 5.41 Å². The maximum atomic E-state index is 9.13. The largest absolute Gasteiger partial charge is 0.445 e. The molecule has 0 fully saturated rings. The van der Waals surface area contributed by atoms with Crippen molar-refractivity contribution in [1.82, 2.24) is 15.0 Å². The number of aliphatic hydroxyl groups excluding tert-OH is 1. The summed E-state index contributed by atoms with van der Waals surface area (Å²) in [4.78, 5) is 13.1. The van der Waals surface area contributed by atoms with Crippen molar-refractivity contribution in [3.63, 3.8) is 0 Å². The molecule has 3 rings (SSSR count). The van der Waals surface area contributed by atoms with Gasteiger partial charge in [0.1, 0.15) is 30.6 Å². The predicted molar refractivity (Wildman–Crippen MR) is 114 cm³/mol. The molecule has 0 radical (unpaired) electrons. The number of rotatable bonds is 6. The van der Waals surface area contributed by atoms with Crippen LogP contribution in [0.15, 0.2) is 32.0 Å². The molecule has 0 aliphatic rings. The molecule has 0 spiro atoms. The van der Waals surface area contributed by atoms with Gasteiger partial charge in [0.05, 0.1) is 6.61 Å². The third kappa shape index (κ3) is 4.58. The molecule has 0 aromatic carbocycles. The van der Waals surface area contributed by atoms with Gasteiger partial charge in [-0.3, -0.25) is 0 Å². The highest BCUT2D eigenvalue weighted by Gasteiger charge is 2.43. The standard InChI is InChI=1S/C21H31N3O5Si/c1-20(2,3)16(29-30(7,8)21(4,5)6)19-24-15(12-28-19)18-23-14(11-27-18)17-22-13(9-25)10-26-17/h10-12,16,25H,9H2,1-8H3. The second-order valence-electron chi connectivity index (χ2n) is 10.0. The lowest BCUT2D eigenvalue weighted by molar-refractivity contribution is 0.0490. The first kappa shape index (κ1) is 22.5. The van der Waals surface area contributed by atoms with Crippen LogP contribution >= 0.6 is 0 Å². The highest BCUT2D eigenvalue weighted by Crippen LogP contribution is 2.45. The molecule has 0 amide bonds. The summed E-state index contributed by atoms with van der Waals surface area (Å²) in [5.41, 5.74) is 1.10. The third-order valence-electron chi connectivity index (χ3n) is 5.41. The molecule has 8 nitrogen and oxygen atoms in total. The molecule has 3 heterocycles.